The first-order chi connectivity index (χ1) is 15.9. The Morgan fingerprint density at radius 2 is 1.61 bits per heavy atom. The van der Waals surface area contributed by atoms with Crippen LogP contribution in [0.5, 0.6) is 5.75 Å². The zero-order valence-electron chi connectivity index (χ0n) is 17.6. The van der Waals surface area contributed by atoms with Crippen molar-refractivity contribution >= 4 is 47.4 Å². The number of nitrogens with zero attached hydrogens (tertiary/aromatic N) is 1. The molecule has 0 heterocycles. The van der Waals surface area contributed by atoms with Crippen molar-refractivity contribution in [3.8, 4) is 5.75 Å². The highest BCUT2D eigenvalue weighted by Gasteiger charge is 2.14. The van der Waals surface area contributed by atoms with Crippen LogP contribution in [0.25, 0.3) is 6.08 Å². The topological polar surface area (TPSA) is 96.9 Å². The molecule has 3 rings (SSSR count). The molecule has 0 bridgehead atoms. The SMILES string of the molecule is Cc1c(Cl)cccc1NC(=O)C(=O)N/N=C\c1ccc(OC(=O)/C=C/c2ccccc2)cc1. The third-order valence-electron chi connectivity index (χ3n) is 4.41. The van der Waals surface area contributed by atoms with Crippen molar-refractivity contribution < 1.29 is 19.1 Å². The minimum atomic E-state index is -0.929. The summed E-state index contributed by atoms with van der Waals surface area (Å²) in [5.41, 5.74) is 4.76. The van der Waals surface area contributed by atoms with Crippen molar-refractivity contribution in [2.24, 2.45) is 5.10 Å². The van der Waals surface area contributed by atoms with Gasteiger partial charge in [-0.1, -0.05) is 48.0 Å². The molecule has 0 atom stereocenters. The standard InChI is InChI=1S/C25H20ClN3O4/c1-17-21(26)8-5-9-22(17)28-24(31)25(32)29-27-16-19-10-13-20(14-11-19)33-23(30)15-12-18-6-3-2-4-7-18/h2-16H,1H3,(H,28,31)(H,29,32)/b15-12+,27-16-. The smallest absolute Gasteiger partial charge is 0.336 e. The summed E-state index contributed by atoms with van der Waals surface area (Å²) in [6.07, 6.45) is 4.36. The van der Waals surface area contributed by atoms with Crippen LogP contribution in [-0.2, 0) is 14.4 Å². The molecule has 0 fully saturated rings. The number of hydrazone groups is 1. The van der Waals surface area contributed by atoms with Gasteiger partial charge < -0.3 is 10.1 Å². The van der Waals surface area contributed by atoms with Crippen molar-refractivity contribution in [3.63, 3.8) is 0 Å². The van der Waals surface area contributed by atoms with Crippen LogP contribution in [-0.4, -0.2) is 24.0 Å². The summed E-state index contributed by atoms with van der Waals surface area (Å²) in [7, 11) is 0. The Hall–Kier alpha value is -4.23. The Balaban J connectivity index is 1.49. The first-order valence-electron chi connectivity index (χ1n) is 9.87. The lowest BCUT2D eigenvalue weighted by Gasteiger charge is -2.08. The number of nitrogens with one attached hydrogen (secondary N) is 2. The summed E-state index contributed by atoms with van der Waals surface area (Å²) >= 11 is 6.00. The highest BCUT2D eigenvalue weighted by Crippen LogP contribution is 2.22. The zero-order valence-corrected chi connectivity index (χ0v) is 18.4. The molecular weight excluding hydrogens is 442 g/mol. The molecule has 2 amide bonds. The number of hydrogen-bond acceptors (Lipinski definition) is 5. The molecule has 3 aromatic rings. The van der Waals surface area contributed by atoms with Gasteiger partial charge in [-0.3, -0.25) is 9.59 Å². The molecule has 0 saturated heterocycles. The van der Waals surface area contributed by atoms with Gasteiger partial charge in [0, 0.05) is 16.8 Å². The summed E-state index contributed by atoms with van der Waals surface area (Å²) in [6, 6.07) is 20.9. The second kappa shape index (κ2) is 11.4. The van der Waals surface area contributed by atoms with Crippen LogP contribution >= 0.6 is 11.6 Å². The first kappa shape index (κ1) is 23.4. The van der Waals surface area contributed by atoms with Gasteiger partial charge in [0.2, 0.25) is 0 Å². The molecule has 0 aliphatic carbocycles. The van der Waals surface area contributed by atoms with Crippen LogP contribution in [0.3, 0.4) is 0 Å². The number of carbonyl (C=O) groups excluding carboxylic acids is 3. The maximum absolute atomic E-state index is 12.0. The van der Waals surface area contributed by atoms with Gasteiger partial charge in [0.25, 0.3) is 0 Å². The number of amides is 2. The Morgan fingerprint density at radius 1 is 0.879 bits per heavy atom. The molecule has 0 aromatic heterocycles. The van der Waals surface area contributed by atoms with E-state index < -0.39 is 17.8 Å². The zero-order chi connectivity index (χ0) is 23.6. The summed E-state index contributed by atoms with van der Waals surface area (Å²) in [5, 5.41) is 6.73. The molecule has 166 valence electrons. The maximum atomic E-state index is 12.0. The molecule has 3 aromatic carbocycles. The minimum absolute atomic E-state index is 0.357. The largest absolute Gasteiger partial charge is 0.423 e. The van der Waals surface area contributed by atoms with E-state index in [1.807, 2.05) is 30.3 Å². The molecule has 0 radical (unpaired) electrons. The van der Waals surface area contributed by atoms with E-state index in [1.165, 1.54) is 12.3 Å². The van der Waals surface area contributed by atoms with Crippen molar-refractivity contribution in [2.45, 2.75) is 6.92 Å². The third kappa shape index (κ3) is 7.15. The quantitative estimate of drug-likeness (QED) is 0.142. The fourth-order valence-electron chi connectivity index (χ4n) is 2.64. The Kier molecular flexibility index (Phi) is 8.10. The van der Waals surface area contributed by atoms with Gasteiger partial charge in [-0.2, -0.15) is 5.10 Å². The van der Waals surface area contributed by atoms with Crippen LogP contribution in [0.4, 0.5) is 5.69 Å². The van der Waals surface area contributed by atoms with Gasteiger partial charge in [-0.15, -0.1) is 0 Å². The average Bonchev–Trinajstić information content (AvgIpc) is 2.82. The lowest BCUT2D eigenvalue weighted by atomic mass is 10.2. The fourth-order valence-corrected chi connectivity index (χ4v) is 2.81. The molecule has 0 unspecified atom stereocenters. The van der Waals surface area contributed by atoms with Crippen molar-refractivity contribution in [3.05, 3.63) is 101 Å². The molecule has 0 spiro atoms. The molecule has 8 heteroatoms. The summed E-state index contributed by atoms with van der Waals surface area (Å²) < 4.78 is 5.24. The predicted molar refractivity (Wildman–Crippen MR) is 128 cm³/mol. The van der Waals surface area contributed by atoms with E-state index in [9.17, 15) is 14.4 Å². The van der Waals surface area contributed by atoms with Gasteiger partial charge in [0.1, 0.15) is 5.75 Å². The van der Waals surface area contributed by atoms with Crippen molar-refractivity contribution in [1.29, 1.82) is 0 Å². The number of rotatable bonds is 6. The molecule has 0 aliphatic rings. The van der Waals surface area contributed by atoms with Gasteiger partial charge in [0.05, 0.1) is 6.21 Å². The van der Waals surface area contributed by atoms with Crippen LogP contribution in [0.1, 0.15) is 16.7 Å². The normalized spacial score (nSPS) is 10.8. The van der Waals surface area contributed by atoms with Crippen LogP contribution in [0, 0.1) is 6.92 Å². The summed E-state index contributed by atoms with van der Waals surface area (Å²) in [6.45, 7) is 1.73. The van der Waals surface area contributed by atoms with Crippen LogP contribution in [0.15, 0.2) is 84.0 Å². The second-order valence-electron chi connectivity index (χ2n) is 6.80. The highest BCUT2D eigenvalue weighted by atomic mass is 35.5. The number of ether oxygens (including phenoxy) is 1. The monoisotopic (exact) mass is 461 g/mol. The lowest BCUT2D eigenvalue weighted by Crippen LogP contribution is -2.32. The number of hydrogen-bond donors (Lipinski definition) is 2. The van der Waals surface area contributed by atoms with Crippen LogP contribution in [0.2, 0.25) is 5.02 Å². The van der Waals surface area contributed by atoms with E-state index in [0.717, 1.165) is 5.56 Å². The number of benzene rings is 3. The van der Waals surface area contributed by atoms with E-state index in [-0.39, 0.29) is 0 Å². The van der Waals surface area contributed by atoms with Gasteiger partial charge in [0.15, 0.2) is 0 Å². The van der Waals surface area contributed by atoms with Gasteiger partial charge in [-0.25, -0.2) is 10.2 Å². The van der Waals surface area contributed by atoms with Crippen molar-refractivity contribution in [2.75, 3.05) is 5.32 Å². The number of carbonyl (C=O) groups is 3. The van der Waals surface area contributed by atoms with Gasteiger partial charge in [-0.05, 0) is 66.1 Å². The van der Waals surface area contributed by atoms with E-state index in [0.29, 0.717) is 27.6 Å². The highest BCUT2D eigenvalue weighted by molar-refractivity contribution is 6.40. The molecule has 2 N–H and O–H groups in total. The fraction of sp³-hybridized carbons (Fsp3) is 0.0400. The Morgan fingerprint density at radius 3 is 2.33 bits per heavy atom. The second-order valence-corrected chi connectivity index (χ2v) is 7.21. The Labute approximate surface area is 195 Å². The van der Waals surface area contributed by atoms with Gasteiger partial charge >= 0.3 is 17.8 Å². The number of halogens is 1. The lowest BCUT2D eigenvalue weighted by molar-refractivity contribution is -0.136. The number of esters is 1. The molecule has 0 saturated carbocycles. The molecular formula is C25H20ClN3O4. The predicted octanol–water partition coefficient (Wildman–Crippen LogP) is 4.36. The third-order valence-corrected chi connectivity index (χ3v) is 4.82. The van der Waals surface area contributed by atoms with Crippen molar-refractivity contribution in [1.82, 2.24) is 5.43 Å². The summed E-state index contributed by atoms with van der Waals surface area (Å²) in [4.78, 5) is 35.9. The van der Waals surface area contributed by atoms with Crippen LogP contribution < -0.4 is 15.5 Å². The first-order valence-corrected chi connectivity index (χ1v) is 10.2. The number of anilines is 1. The maximum Gasteiger partial charge on any atom is 0.336 e. The molecule has 0 aliphatic heterocycles. The Bertz CT molecular complexity index is 1210. The van der Waals surface area contributed by atoms with E-state index in [4.69, 9.17) is 16.3 Å². The minimum Gasteiger partial charge on any atom is -0.423 e. The van der Waals surface area contributed by atoms with E-state index in [2.05, 4.69) is 15.8 Å². The average molecular weight is 462 g/mol. The van der Waals surface area contributed by atoms with E-state index in [1.54, 1.807) is 55.5 Å². The molecule has 33 heavy (non-hydrogen) atoms. The summed E-state index contributed by atoms with van der Waals surface area (Å²) in [5.74, 6) is -1.95. The van der Waals surface area contributed by atoms with E-state index >= 15 is 0 Å². The molecule has 7 nitrogen and oxygen atoms in total.